The monoisotopic (exact) mass is 368 g/mol. The first-order chi connectivity index (χ1) is 9.75. The second-order valence-electron chi connectivity index (χ2n) is 4.73. The molecule has 0 aliphatic rings. The lowest BCUT2D eigenvalue weighted by atomic mass is 10.3. The number of alkyl halides is 1. The summed E-state index contributed by atoms with van der Waals surface area (Å²) in [6.45, 7) is 3.71. The number of aromatic nitrogens is 2. The van der Waals surface area contributed by atoms with Crippen LogP contribution in [0.25, 0.3) is 11.0 Å². The maximum atomic E-state index is 11.7. The number of nitrogens with zero attached hydrogens (tertiary/aromatic N) is 2. The fourth-order valence-corrected chi connectivity index (χ4v) is 3.28. The van der Waals surface area contributed by atoms with E-state index in [-0.39, 0.29) is 23.4 Å². The SMILES string of the molecule is CCS(=O)(=O)CCn1c(C(C)Cl)nc2cc(Cl)c(Cl)cc21. The lowest BCUT2D eigenvalue weighted by Crippen LogP contribution is -2.16. The molecule has 0 bridgehead atoms. The van der Waals surface area contributed by atoms with Gasteiger partial charge in [-0.1, -0.05) is 30.1 Å². The van der Waals surface area contributed by atoms with Gasteiger partial charge in [0.2, 0.25) is 0 Å². The molecule has 2 rings (SSSR count). The van der Waals surface area contributed by atoms with Crippen molar-refractivity contribution in [2.75, 3.05) is 11.5 Å². The Balaban J connectivity index is 2.53. The first-order valence-electron chi connectivity index (χ1n) is 6.45. The van der Waals surface area contributed by atoms with Gasteiger partial charge in [-0.2, -0.15) is 0 Å². The molecule has 1 unspecified atom stereocenters. The number of sulfone groups is 1. The van der Waals surface area contributed by atoms with Gasteiger partial charge in [0.15, 0.2) is 9.84 Å². The van der Waals surface area contributed by atoms with Crippen molar-refractivity contribution in [2.45, 2.75) is 25.8 Å². The smallest absolute Gasteiger partial charge is 0.151 e. The minimum absolute atomic E-state index is 0.0335. The minimum atomic E-state index is -3.08. The van der Waals surface area contributed by atoms with Gasteiger partial charge in [-0.05, 0) is 19.1 Å². The van der Waals surface area contributed by atoms with E-state index in [1.54, 1.807) is 30.5 Å². The highest BCUT2D eigenvalue weighted by Gasteiger charge is 2.18. The van der Waals surface area contributed by atoms with Crippen LogP contribution in [-0.4, -0.2) is 29.5 Å². The van der Waals surface area contributed by atoms with Crippen molar-refractivity contribution in [2.24, 2.45) is 0 Å². The van der Waals surface area contributed by atoms with Gasteiger partial charge in [0.25, 0.3) is 0 Å². The van der Waals surface area contributed by atoms with Crippen LogP contribution < -0.4 is 0 Å². The Morgan fingerprint density at radius 3 is 2.48 bits per heavy atom. The zero-order valence-electron chi connectivity index (χ0n) is 11.6. The third-order valence-corrected chi connectivity index (χ3v) is 5.84. The first-order valence-corrected chi connectivity index (χ1v) is 9.46. The van der Waals surface area contributed by atoms with Gasteiger partial charge in [-0.25, -0.2) is 13.4 Å². The summed E-state index contributed by atoms with van der Waals surface area (Å²) < 4.78 is 25.2. The first kappa shape index (κ1) is 16.9. The van der Waals surface area contributed by atoms with E-state index >= 15 is 0 Å². The summed E-state index contributed by atoms with van der Waals surface area (Å²) in [5.74, 6) is 0.750. The van der Waals surface area contributed by atoms with Crippen molar-refractivity contribution >= 4 is 55.7 Å². The molecule has 0 aliphatic heterocycles. The van der Waals surface area contributed by atoms with Crippen LogP contribution in [0.5, 0.6) is 0 Å². The highest BCUT2D eigenvalue weighted by molar-refractivity contribution is 7.91. The van der Waals surface area contributed by atoms with E-state index in [2.05, 4.69) is 4.98 Å². The van der Waals surface area contributed by atoms with Gasteiger partial charge in [0.05, 0.1) is 32.2 Å². The molecule has 1 heterocycles. The van der Waals surface area contributed by atoms with Gasteiger partial charge >= 0.3 is 0 Å². The zero-order valence-corrected chi connectivity index (χ0v) is 14.7. The van der Waals surface area contributed by atoms with Gasteiger partial charge in [0, 0.05) is 12.3 Å². The number of benzene rings is 1. The topological polar surface area (TPSA) is 52.0 Å². The minimum Gasteiger partial charge on any atom is -0.326 e. The number of halogens is 3. The van der Waals surface area contributed by atoms with E-state index in [9.17, 15) is 8.42 Å². The maximum absolute atomic E-state index is 11.7. The second-order valence-corrected chi connectivity index (χ2v) is 8.67. The van der Waals surface area contributed by atoms with Crippen molar-refractivity contribution in [3.8, 4) is 0 Å². The highest BCUT2D eigenvalue weighted by atomic mass is 35.5. The Hall–Kier alpha value is -0.490. The van der Waals surface area contributed by atoms with Crippen LogP contribution in [0.15, 0.2) is 12.1 Å². The van der Waals surface area contributed by atoms with Crippen molar-refractivity contribution in [3.63, 3.8) is 0 Å². The lowest BCUT2D eigenvalue weighted by Gasteiger charge is -2.10. The maximum Gasteiger partial charge on any atom is 0.151 e. The Bertz CT molecular complexity index is 769. The Morgan fingerprint density at radius 1 is 1.29 bits per heavy atom. The molecule has 0 saturated carbocycles. The van der Waals surface area contributed by atoms with E-state index in [0.717, 1.165) is 5.52 Å². The van der Waals surface area contributed by atoms with E-state index in [1.807, 2.05) is 0 Å². The van der Waals surface area contributed by atoms with Gasteiger partial charge in [0.1, 0.15) is 5.82 Å². The summed E-state index contributed by atoms with van der Waals surface area (Å²) in [6.07, 6.45) is 0. The predicted octanol–water partition coefficient (Wildman–Crippen LogP) is 4.08. The molecule has 4 nitrogen and oxygen atoms in total. The molecule has 116 valence electrons. The average Bonchev–Trinajstić information content (AvgIpc) is 2.75. The van der Waals surface area contributed by atoms with Crippen LogP contribution >= 0.6 is 34.8 Å². The summed E-state index contributed by atoms with van der Waals surface area (Å²) >= 11 is 18.2. The van der Waals surface area contributed by atoms with Crippen molar-refractivity contribution in [3.05, 3.63) is 28.0 Å². The van der Waals surface area contributed by atoms with Crippen LogP contribution in [0.2, 0.25) is 10.0 Å². The largest absolute Gasteiger partial charge is 0.326 e. The highest BCUT2D eigenvalue weighted by Crippen LogP contribution is 2.31. The summed E-state index contributed by atoms with van der Waals surface area (Å²) in [6, 6.07) is 3.35. The normalized spacial score (nSPS) is 13.8. The molecular weight excluding hydrogens is 355 g/mol. The van der Waals surface area contributed by atoms with E-state index < -0.39 is 9.84 Å². The van der Waals surface area contributed by atoms with Crippen LogP contribution in [-0.2, 0) is 16.4 Å². The van der Waals surface area contributed by atoms with Crippen LogP contribution in [0, 0.1) is 0 Å². The zero-order chi connectivity index (χ0) is 15.8. The molecule has 0 amide bonds. The van der Waals surface area contributed by atoms with Crippen LogP contribution in [0.1, 0.15) is 25.0 Å². The molecule has 8 heteroatoms. The summed E-state index contributed by atoms with van der Waals surface area (Å²) in [4.78, 5) is 4.43. The molecule has 0 N–H and O–H groups in total. The van der Waals surface area contributed by atoms with Gasteiger partial charge in [-0.3, -0.25) is 0 Å². The Morgan fingerprint density at radius 2 is 1.90 bits per heavy atom. The third-order valence-electron chi connectivity index (χ3n) is 3.24. The molecule has 1 aromatic carbocycles. The molecule has 21 heavy (non-hydrogen) atoms. The third kappa shape index (κ3) is 3.65. The van der Waals surface area contributed by atoms with Crippen LogP contribution in [0.4, 0.5) is 0 Å². The van der Waals surface area contributed by atoms with E-state index in [0.29, 0.717) is 21.4 Å². The average molecular weight is 370 g/mol. The molecule has 2 aromatic rings. The second kappa shape index (κ2) is 6.32. The molecular formula is C13H15Cl3N2O2S. The van der Waals surface area contributed by atoms with Gasteiger partial charge in [-0.15, -0.1) is 11.6 Å². The Labute approximate surface area is 138 Å². The molecule has 0 spiro atoms. The number of fused-ring (bicyclic) bond motifs is 1. The number of imidazole rings is 1. The standard InChI is InChI=1S/C13H15Cl3N2O2S/c1-3-21(19,20)5-4-18-12-7-10(16)9(15)6-11(12)17-13(18)8(2)14/h6-8H,3-5H2,1-2H3. The predicted molar refractivity (Wildman–Crippen MR) is 88.3 cm³/mol. The van der Waals surface area contributed by atoms with Gasteiger partial charge < -0.3 is 4.57 Å². The van der Waals surface area contributed by atoms with E-state index in [4.69, 9.17) is 34.8 Å². The van der Waals surface area contributed by atoms with Crippen molar-refractivity contribution in [1.82, 2.24) is 9.55 Å². The summed E-state index contributed by atoms with van der Waals surface area (Å²) in [5.41, 5.74) is 1.39. The fourth-order valence-electron chi connectivity index (χ4n) is 2.05. The summed E-state index contributed by atoms with van der Waals surface area (Å²) in [5, 5.41) is 0.459. The van der Waals surface area contributed by atoms with Crippen molar-refractivity contribution in [1.29, 1.82) is 0 Å². The molecule has 0 aliphatic carbocycles. The lowest BCUT2D eigenvalue weighted by molar-refractivity contribution is 0.589. The van der Waals surface area contributed by atoms with E-state index in [1.165, 1.54) is 0 Å². The summed E-state index contributed by atoms with van der Waals surface area (Å²) in [7, 11) is -3.08. The molecule has 1 aromatic heterocycles. The molecule has 0 radical (unpaired) electrons. The fraction of sp³-hybridized carbons (Fsp3) is 0.462. The van der Waals surface area contributed by atoms with Crippen LogP contribution in [0.3, 0.4) is 0 Å². The number of rotatable bonds is 5. The number of hydrogen-bond acceptors (Lipinski definition) is 3. The number of aryl methyl sites for hydroxylation is 1. The molecule has 1 atom stereocenters. The quantitative estimate of drug-likeness (QED) is 0.746. The number of hydrogen-bond donors (Lipinski definition) is 0. The Kier molecular flexibility index (Phi) is 5.08. The molecule has 0 saturated heterocycles. The van der Waals surface area contributed by atoms with Crippen molar-refractivity contribution < 1.29 is 8.42 Å². The molecule has 0 fully saturated rings.